The van der Waals surface area contributed by atoms with Crippen molar-refractivity contribution in [3.8, 4) is 22.5 Å². The van der Waals surface area contributed by atoms with E-state index in [1.165, 1.54) is 29.6 Å². The average molecular weight is 411 g/mol. The third kappa shape index (κ3) is 2.84. The van der Waals surface area contributed by atoms with Crippen LogP contribution in [0.5, 0.6) is 0 Å². The summed E-state index contributed by atoms with van der Waals surface area (Å²) in [6, 6.07) is 9.83. The summed E-state index contributed by atoms with van der Waals surface area (Å²) in [5.41, 5.74) is 7.41. The number of hydrogen-bond acceptors (Lipinski definition) is 7. The van der Waals surface area contributed by atoms with E-state index >= 15 is 0 Å². The van der Waals surface area contributed by atoms with E-state index in [-0.39, 0.29) is 5.63 Å². The van der Waals surface area contributed by atoms with Crippen molar-refractivity contribution in [1.82, 2.24) is 20.4 Å². The van der Waals surface area contributed by atoms with Crippen molar-refractivity contribution in [2.75, 3.05) is 18.0 Å². The van der Waals surface area contributed by atoms with E-state index in [2.05, 4.69) is 31.4 Å². The van der Waals surface area contributed by atoms with Crippen LogP contribution in [0.15, 0.2) is 45.9 Å². The summed E-state index contributed by atoms with van der Waals surface area (Å²) in [5.74, 6) is 0.422. The average Bonchev–Trinajstić information content (AvgIpc) is 2.81. The minimum atomic E-state index is -0.309. The zero-order valence-electron chi connectivity index (χ0n) is 17.3. The van der Waals surface area contributed by atoms with Crippen LogP contribution in [-0.2, 0) is 12.8 Å². The standard InChI is InChI=1S/C24H21N5O2/c1-14-19-12-16-7-3-9-29-10-4-8-18(21(16)29)22(19)31-24(30)20(14)15-5-2-6-17(11-15)23-27-25-13-26-28-23/h2,5-6,11-13H,3-4,7-10H2,1H3. The van der Waals surface area contributed by atoms with Crippen molar-refractivity contribution in [1.29, 1.82) is 0 Å². The van der Waals surface area contributed by atoms with Gasteiger partial charge in [-0.2, -0.15) is 0 Å². The molecule has 0 atom stereocenters. The highest BCUT2D eigenvalue weighted by Gasteiger charge is 2.28. The van der Waals surface area contributed by atoms with Crippen LogP contribution in [0.2, 0.25) is 0 Å². The molecule has 0 radical (unpaired) electrons. The minimum Gasteiger partial charge on any atom is -0.422 e. The molecular formula is C24H21N5O2. The van der Waals surface area contributed by atoms with E-state index in [1.54, 1.807) is 0 Å². The van der Waals surface area contributed by atoms with Crippen LogP contribution in [0, 0.1) is 6.92 Å². The lowest BCUT2D eigenvalue weighted by atomic mass is 9.88. The molecule has 7 nitrogen and oxygen atoms in total. The van der Waals surface area contributed by atoms with Crippen LogP contribution in [0.25, 0.3) is 33.5 Å². The van der Waals surface area contributed by atoms with E-state index in [1.807, 2.05) is 31.2 Å². The van der Waals surface area contributed by atoms with Crippen LogP contribution in [0.4, 0.5) is 5.69 Å². The number of hydrogen-bond donors (Lipinski definition) is 0. The summed E-state index contributed by atoms with van der Waals surface area (Å²) < 4.78 is 6.01. The van der Waals surface area contributed by atoms with Gasteiger partial charge in [0.2, 0.25) is 5.82 Å². The van der Waals surface area contributed by atoms with Crippen LogP contribution in [0.1, 0.15) is 29.5 Å². The van der Waals surface area contributed by atoms with Crippen LogP contribution in [-0.4, -0.2) is 33.5 Å². The van der Waals surface area contributed by atoms with Gasteiger partial charge in [0.05, 0.1) is 5.56 Å². The molecular weight excluding hydrogens is 390 g/mol. The first-order valence-corrected chi connectivity index (χ1v) is 10.7. The Balaban J connectivity index is 1.58. The second kappa shape index (κ2) is 6.97. The van der Waals surface area contributed by atoms with Gasteiger partial charge in [0.15, 0.2) is 6.33 Å². The van der Waals surface area contributed by atoms with E-state index in [4.69, 9.17) is 4.42 Å². The maximum absolute atomic E-state index is 13.2. The Bertz CT molecular complexity index is 1380. The number of nitrogens with zero attached hydrogens (tertiary/aromatic N) is 5. The van der Waals surface area contributed by atoms with Gasteiger partial charge in [-0.15, -0.1) is 20.4 Å². The van der Waals surface area contributed by atoms with Gasteiger partial charge in [-0.3, -0.25) is 0 Å². The van der Waals surface area contributed by atoms with Crippen molar-refractivity contribution in [2.45, 2.75) is 32.6 Å². The van der Waals surface area contributed by atoms with Gasteiger partial charge in [0, 0.05) is 35.3 Å². The fourth-order valence-corrected chi connectivity index (χ4v) is 5.13. The van der Waals surface area contributed by atoms with Crippen molar-refractivity contribution in [2.24, 2.45) is 0 Å². The normalized spacial score (nSPS) is 15.2. The molecule has 0 unspecified atom stereocenters. The molecule has 154 valence electrons. The van der Waals surface area contributed by atoms with Crippen LogP contribution < -0.4 is 10.5 Å². The summed E-state index contributed by atoms with van der Waals surface area (Å²) in [7, 11) is 0. The molecule has 4 heterocycles. The molecule has 2 aromatic heterocycles. The number of anilines is 1. The van der Waals surface area contributed by atoms with Gasteiger partial charge in [-0.1, -0.05) is 18.2 Å². The fraction of sp³-hybridized carbons (Fsp3) is 0.292. The maximum atomic E-state index is 13.2. The quantitative estimate of drug-likeness (QED) is 0.465. The van der Waals surface area contributed by atoms with Crippen molar-refractivity contribution in [3.63, 3.8) is 0 Å². The second-order valence-corrected chi connectivity index (χ2v) is 8.27. The summed E-state index contributed by atoms with van der Waals surface area (Å²) in [5, 5.41) is 16.7. The summed E-state index contributed by atoms with van der Waals surface area (Å²) >= 11 is 0. The smallest absolute Gasteiger partial charge is 0.344 e. The molecule has 0 saturated carbocycles. The van der Waals surface area contributed by atoms with E-state index in [0.29, 0.717) is 11.4 Å². The summed E-state index contributed by atoms with van der Waals surface area (Å²) in [4.78, 5) is 15.7. The molecule has 6 rings (SSSR count). The van der Waals surface area contributed by atoms with E-state index in [0.717, 1.165) is 60.0 Å². The maximum Gasteiger partial charge on any atom is 0.344 e. The molecule has 2 aromatic carbocycles. The van der Waals surface area contributed by atoms with Crippen LogP contribution in [0.3, 0.4) is 0 Å². The molecule has 0 N–H and O–H groups in total. The lowest BCUT2D eigenvalue weighted by Gasteiger charge is -2.37. The number of aryl methyl sites for hydroxylation is 3. The third-order valence-electron chi connectivity index (χ3n) is 6.47. The first-order chi connectivity index (χ1) is 15.2. The molecule has 0 fully saturated rings. The van der Waals surface area contributed by atoms with Gasteiger partial charge in [-0.25, -0.2) is 4.79 Å². The minimum absolute atomic E-state index is 0.309. The molecule has 2 aliphatic heterocycles. The summed E-state index contributed by atoms with van der Waals surface area (Å²) in [6.07, 6.45) is 5.59. The Hall–Kier alpha value is -3.61. The Kier molecular flexibility index (Phi) is 4.09. The topological polar surface area (TPSA) is 85.0 Å². The molecule has 0 bridgehead atoms. The van der Waals surface area contributed by atoms with Gasteiger partial charge in [0.25, 0.3) is 0 Å². The molecule has 2 aliphatic rings. The van der Waals surface area contributed by atoms with E-state index < -0.39 is 0 Å². The van der Waals surface area contributed by atoms with Crippen molar-refractivity contribution in [3.05, 3.63) is 63.8 Å². The zero-order chi connectivity index (χ0) is 20.9. The Labute approximate surface area is 178 Å². The number of rotatable bonds is 2. The first-order valence-electron chi connectivity index (χ1n) is 10.7. The molecule has 0 amide bonds. The highest BCUT2D eigenvalue weighted by Crippen LogP contribution is 2.41. The molecule has 7 heteroatoms. The SMILES string of the molecule is Cc1c(-c2cccc(-c3nncnn3)c2)c(=O)oc2c3c4c(cc12)CCCN4CCC3. The van der Waals surface area contributed by atoms with E-state index in [9.17, 15) is 4.79 Å². The predicted octanol–water partition coefficient (Wildman–Crippen LogP) is 3.71. The van der Waals surface area contributed by atoms with Crippen LogP contribution >= 0.6 is 0 Å². The van der Waals surface area contributed by atoms with Gasteiger partial charge in [0.1, 0.15) is 5.58 Å². The Morgan fingerprint density at radius 3 is 2.61 bits per heavy atom. The van der Waals surface area contributed by atoms with Crippen molar-refractivity contribution >= 4 is 16.7 Å². The largest absolute Gasteiger partial charge is 0.422 e. The zero-order valence-corrected chi connectivity index (χ0v) is 17.3. The molecule has 0 spiro atoms. The number of fused-ring (bicyclic) bond motifs is 2. The molecule has 4 aromatic rings. The first kappa shape index (κ1) is 18.2. The lowest BCUT2D eigenvalue weighted by molar-refractivity contribution is 0.551. The van der Waals surface area contributed by atoms with Crippen molar-refractivity contribution < 1.29 is 4.42 Å². The highest BCUT2D eigenvalue weighted by atomic mass is 16.4. The number of aromatic nitrogens is 4. The predicted molar refractivity (Wildman–Crippen MR) is 118 cm³/mol. The molecule has 0 saturated heterocycles. The van der Waals surface area contributed by atoms with Gasteiger partial charge < -0.3 is 9.32 Å². The monoisotopic (exact) mass is 411 g/mol. The third-order valence-corrected chi connectivity index (χ3v) is 6.47. The Morgan fingerprint density at radius 1 is 1.00 bits per heavy atom. The fourth-order valence-electron chi connectivity index (χ4n) is 5.13. The second-order valence-electron chi connectivity index (χ2n) is 8.27. The lowest BCUT2D eigenvalue weighted by Crippen LogP contribution is -2.34. The summed E-state index contributed by atoms with van der Waals surface area (Å²) in [6.45, 7) is 4.20. The van der Waals surface area contributed by atoms with Gasteiger partial charge in [-0.05, 0) is 61.4 Å². The van der Waals surface area contributed by atoms with Gasteiger partial charge >= 0.3 is 5.63 Å². The molecule has 31 heavy (non-hydrogen) atoms. The molecule has 0 aliphatic carbocycles. The highest BCUT2D eigenvalue weighted by molar-refractivity contribution is 5.94. The number of benzene rings is 2. The Morgan fingerprint density at radius 2 is 1.77 bits per heavy atom.